The summed E-state index contributed by atoms with van der Waals surface area (Å²) in [5, 5.41) is 15.9. The van der Waals surface area contributed by atoms with Gasteiger partial charge in [0.05, 0.1) is 11.5 Å². The molecular formula is C30H41N5O4. The summed E-state index contributed by atoms with van der Waals surface area (Å²) in [5.41, 5.74) is 0.194. The summed E-state index contributed by atoms with van der Waals surface area (Å²) in [6.07, 6.45) is 3.17. The van der Waals surface area contributed by atoms with Crippen molar-refractivity contribution in [3.8, 4) is 6.07 Å². The Bertz CT molecular complexity index is 1190. The second kappa shape index (κ2) is 10.6. The van der Waals surface area contributed by atoms with Crippen LogP contribution in [0.15, 0.2) is 24.3 Å². The number of nitrogens with zero attached hydrogens (tertiary/aromatic N) is 3. The number of anilines is 1. The van der Waals surface area contributed by atoms with E-state index in [0.717, 1.165) is 18.4 Å². The number of nitrogens with one attached hydrogen (secondary N) is 2. The van der Waals surface area contributed by atoms with Crippen molar-refractivity contribution in [2.45, 2.75) is 90.3 Å². The molecule has 9 nitrogen and oxygen atoms in total. The normalized spacial score (nSPS) is 23.7. The molecule has 1 saturated carbocycles. The predicted molar refractivity (Wildman–Crippen MR) is 147 cm³/mol. The summed E-state index contributed by atoms with van der Waals surface area (Å²) >= 11 is 0. The molecule has 0 aromatic heterocycles. The lowest BCUT2D eigenvalue weighted by molar-refractivity contribution is -0.148. The van der Waals surface area contributed by atoms with Gasteiger partial charge in [-0.05, 0) is 35.8 Å². The van der Waals surface area contributed by atoms with Crippen molar-refractivity contribution in [1.82, 2.24) is 15.1 Å². The van der Waals surface area contributed by atoms with Crippen LogP contribution in [0.1, 0.15) is 72.3 Å². The van der Waals surface area contributed by atoms with Crippen LogP contribution >= 0.6 is 0 Å². The van der Waals surface area contributed by atoms with Crippen molar-refractivity contribution in [3.63, 3.8) is 0 Å². The Morgan fingerprint density at radius 1 is 1.23 bits per heavy atom. The molecule has 39 heavy (non-hydrogen) atoms. The van der Waals surface area contributed by atoms with Gasteiger partial charge in [-0.3, -0.25) is 19.2 Å². The number of likely N-dealkylation sites (tertiary alicyclic amines) is 1. The number of likely N-dealkylation sites (N-methyl/N-ethyl adjacent to an activating group) is 1. The highest BCUT2D eigenvalue weighted by Crippen LogP contribution is 2.46. The zero-order valence-electron chi connectivity index (χ0n) is 23.9. The average molecular weight is 536 g/mol. The standard InChI is InChI=1S/C30H41N5O4/c1-18(2)25(36)32-23(13-19-11-12-19)26(37)34(6)24(15-29(3,4)5)27(38)35-17-30(14-20(35)16-31)21-9-7-8-10-22(21)33-28(30)39/h7-10,18-20,23-24H,11-15,17H2,1-6H3,(H,32,36)(H,33,39)/t20-,23?,24-,30-/m0/s1. The number of rotatable bonds is 8. The summed E-state index contributed by atoms with van der Waals surface area (Å²) in [5.74, 6) is -0.935. The van der Waals surface area contributed by atoms with Crippen molar-refractivity contribution in [2.75, 3.05) is 18.9 Å². The lowest BCUT2D eigenvalue weighted by Gasteiger charge is -2.37. The number of hydrogen-bond donors (Lipinski definition) is 2. The van der Waals surface area contributed by atoms with Gasteiger partial charge in [0, 0.05) is 31.6 Å². The molecule has 1 saturated heterocycles. The van der Waals surface area contributed by atoms with E-state index < -0.39 is 23.5 Å². The molecule has 210 valence electrons. The predicted octanol–water partition coefficient (Wildman–Crippen LogP) is 3.21. The largest absolute Gasteiger partial charge is 0.344 e. The van der Waals surface area contributed by atoms with Crippen molar-refractivity contribution >= 4 is 29.3 Å². The van der Waals surface area contributed by atoms with Crippen LogP contribution in [0, 0.1) is 28.6 Å². The molecule has 1 aliphatic carbocycles. The molecule has 9 heteroatoms. The van der Waals surface area contributed by atoms with E-state index in [1.54, 1.807) is 20.9 Å². The van der Waals surface area contributed by atoms with E-state index in [0.29, 0.717) is 24.4 Å². The molecule has 1 unspecified atom stereocenters. The van der Waals surface area contributed by atoms with Crippen molar-refractivity contribution < 1.29 is 19.2 Å². The van der Waals surface area contributed by atoms with E-state index in [1.165, 1.54) is 9.80 Å². The van der Waals surface area contributed by atoms with Crippen LogP contribution in [0.25, 0.3) is 0 Å². The quantitative estimate of drug-likeness (QED) is 0.529. The summed E-state index contributed by atoms with van der Waals surface area (Å²) < 4.78 is 0. The van der Waals surface area contributed by atoms with E-state index in [1.807, 2.05) is 45.0 Å². The van der Waals surface area contributed by atoms with Gasteiger partial charge in [-0.1, -0.05) is 65.7 Å². The number of para-hydroxylation sites is 1. The van der Waals surface area contributed by atoms with Crippen LogP contribution in [-0.4, -0.2) is 65.1 Å². The molecule has 2 fully saturated rings. The highest BCUT2D eigenvalue weighted by atomic mass is 16.2. The molecule has 2 heterocycles. The minimum Gasteiger partial charge on any atom is -0.344 e. The van der Waals surface area contributed by atoms with Gasteiger partial charge in [0.25, 0.3) is 0 Å². The highest BCUT2D eigenvalue weighted by Gasteiger charge is 2.57. The summed E-state index contributed by atoms with van der Waals surface area (Å²) in [7, 11) is 1.61. The SMILES string of the molecule is CC(C)C(=O)NC(CC1CC1)C(=O)N(C)[C@@H](CC(C)(C)C)C(=O)N1C[C@]2(C[C@H]1C#N)C(=O)Nc1ccccc12. The molecule has 2 N–H and O–H groups in total. The molecule has 2 aliphatic heterocycles. The molecular weight excluding hydrogens is 494 g/mol. The van der Waals surface area contributed by atoms with Crippen LogP contribution < -0.4 is 10.6 Å². The van der Waals surface area contributed by atoms with Gasteiger partial charge in [-0.25, -0.2) is 0 Å². The number of carbonyl (C=O) groups excluding carboxylic acids is 4. The smallest absolute Gasteiger partial charge is 0.246 e. The van der Waals surface area contributed by atoms with Gasteiger partial charge in [0.15, 0.2) is 0 Å². The topological polar surface area (TPSA) is 123 Å². The maximum atomic E-state index is 14.2. The van der Waals surface area contributed by atoms with Gasteiger partial charge in [-0.15, -0.1) is 0 Å². The molecule has 1 spiro atoms. The Morgan fingerprint density at radius 3 is 2.49 bits per heavy atom. The van der Waals surface area contributed by atoms with Crippen LogP contribution in [0.3, 0.4) is 0 Å². The van der Waals surface area contributed by atoms with Crippen molar-refractivity contribution in [1.29, 1.82) is 5.26 Å². The maximum absolute atomic E-state index is 14.2. The van der Waals surface area contributed by atoms with E-state index in [4.69, 9.17) is 0 Å². The first kappa shape index (κ1) is 28.6. The Kier molecular flexibility index (Phi) is 7.79. The monoisotopic (exact) mass is 535 g/mol. The highest BCUT2D eigenvalue weighted by molar-refractivity contribution is 6.07. The summed E-state index contributed by atoms with van der Waals surface area (Å²) in [6.45, 7) is 9.65. The fourth-order valence-corrected chi connectivity index (χ4v) is 5.79. The summed E-state index contributed by atoms with van der Waals surface area (Å²) in [6, 6.07) is 7.28. The van der Waals surface area contributed by atoms with E-state index >= 15 is 0 Å². The zero-order valence-corrected chi connectivity index (χ0v) is 23.9. The third kappa shape index (κ3) is 5.80. The maximum Gasteiger partial charge on any atom is 0.246 e. The number of fused-ring (bicyclic) bond motifs is 2. The molecule has 0 bridgehead atoms. The number of benzene rings is 1. The zero-order chi connectivity index (χ0) is 28.7. The van der Waals surface area contributed by atoms with E-state index in [-0.39, 0.29) is 47.9 Å². The van der Waals surface area contributed by atoms with Crippen LogP contribution in [0.5, 0.6) is 0 Å². The first-order valence-corrected chi connectivity index (χ1v) is 14.0. The molecule has 3 aliphatic rings. The second-order valence-electron chi connectivity index (χ2n) is 13.0. The third-order valence-corrected chi connectivity index (χ3v) is 8.23. The second-order valence-corrected chi connectivity index (χ2v) is 13.0. The van der Waals surface area contributed by atoms with Gasteiger partial charge in [0.2, 0.25) is 23.6 Å². The lowest BCUT2D eigenvalue weighted by atomic mass is 9.80. The van der Waals surface area contributed by atoms with Gasteiger partial charge in [-0.2, -0.15) is 5.26 Å². The van der Waals surface area contributed by atoms with Crippen LogP contribution in [-0.2, 0) is 24.6 Å². The Morgan fingerprint density at radius 2 is 1.90 bits per heavy atom. The van der Waals surface area contributed by atoms with Crippen LogP contribution in [0.2, 0.25) is 0 Å². The number of amides is 4. The van der Waals surface area contributed by atoms with Crippen LogP contribution in [0.4, 0.5) is 5.69 Å². The molecule has 1 aromatic carbocycles. The summed E-state index contributed by atoms with van der Waals surface area (Å²) in [4.78, 5) is 56.8. The Labute approximate surface area is 231 Å². The molecule has 1 aromatic rings. The number of hydrogen-bond acceptors (Lipinski definition) is 5. The fourth-order valence-electron chi connectivity index (χ4n) is 5.79. The Balaban J connectivity index is 1.63. The minimum absolute atomic E-state index is 0.0746. The fraction of sp³-hybridized carbons (Fsp3) is 0.633. The van der Waals surface area contributed by atoms with Gasteiger partial charge in [0.1, 0.15) is 18.1 Å². The molecule has 0 radical (unpaired) electrons. The van der Waals surface area contributed by atoms with E-state index in [2.05, 4.69) is 16.7 Å². The van der Waals surface area contributed by atoms with Crippen molar-refractivity contribution in [2.24, 2.45) is 17.3 Å². The number of carbonyl (C=O) groups is 4. The number of nitriles is 1. The van der Waals surface area contributed by atoms with Crippen molar-refractivity contribution in [3.05, 3.63) is 29.8 Å². The van der Waals surface area contributed by atoms with Gasteiger partial charge >= 0.3 is 0 Å². The Hall–Kier alpha value is -3.41. The third-order valence-electron chi connectivity index (χ3n) is 8.23. The first-order valence-electron chi connectivity index (χ1n) is 14.0. The molecule has 4 rings (SSSR count). The lowest BCUT2D eigenvalue weighted by Crippen LogP contribution is -2.57. The molecule has 4 amide bonds. The first-order chi connectivity index (χ1) is 18.3. The molecule has 4 atom stereocenters. The van der Waals surface area contributed by atoms with Gasteiger partial charge < -0.3 is 20.4 Å². The van der Waals surface area contributed by atoms with E-state index in [9.17, 15) is 24.4 Å². The average Bonchev–Trinajstić information content (AvgIpc) is 3.54. The minimum atomic E-state index is -0.999.